The van der Waals surface area contributed by atoms with Crippen molar-refractivity contribution in [2.45, 2.75) is 33.3 Å². The highest BCUT2D eigenvalue weighted by Crippen LogP contribution is 2.22. The SMILES string of the molecule is Cc1ccc(CC(O)c2ccccc2C)cc1C. The third-order valence-electron chi connectivity index (χ3n) is 3.55. The van der Waals surface area contributed by atoms with E-state index in [4.69, 9.17) is 0 Å². The first-order valence-corrected chi connectivity index (χ1v) is 6.37. The fraction of sp³-hybridized carbons (Fsp3) is 0.294. The van der Waals surface area contributed by atoms with E-state index in [2.05, 4.69) is 32.0 Å². The largest absolute Gasteiger partial charge is 0.388 e. The van der Waals surface area contributed by atoms with Gasteiger partial charge in [0, 0.05) is 6.42 Å². The van der Waals surface area contributed by atoms with Gasteiger partial charge < -0.3 is 5.11 Å². The molecule has 0 spiro atoms. The van der Waals surface area contributed by atoms with Crippen molar-refractivity contribution < 1.29 is 5.11 Å². The van der Waals surface area contributed by atoms with Crippen molar-refractivity contribution in [1.29, 1.82) is 0 Å². The average molecular weight is 240 g/mol. The Morgan fingerprint density at radius 2 is 1.61 bits per heavy atom. The highest BCUT2D eigenvalue weighted by Gasteiger charge is 2.10. The van der Waals surface area contributed by atoms with Crippen LogP contribution in [-0.2, 0) is 6.42 Å². The van der Waals surface area contributed by atoms with Crippen LogP contribution in [0.2, 0.25) is 0 Å². The quantitative estimate of drug-likeness (QED) is 0.863. The summed E-state index contributed by atoms with van der Waals surface area (Å²) in [7, 11) is 0. The minimum atomic E-state index is -0.423. The molecule has 1 nitrogen and oxygen atoms in total. The molecule has 0 heterocycles. The van der Waals surface area contributed by atoms with Crippen molar-refractivity contribution >= 4 is 0 Å². The third-order valence-corrected chi connectivity index (χ3v) is 3.55. The van der Waals surface area contributed by atoms with Crippen molar-refractivity contribution in [2.75, 3.05) is 0 Å². The number of aliphatic hydroxyl groups excluding tert-OH is 1. The molecular weight excluding hydrogens is 220 g/mol. The Morgan fingerprint density at radius 1 is 0.889 bits per heavy atom. The predicted molar refractivity (Wildman–Crippen MR) is 75.8 cm³/mol. The lowest BCUT2D eigenvalue weighted by atomic mass is 9.96. The molecule has 1 heteroatoms. The van der Waals surface area contributed by atoms with Crippen LogP contribution in [0.1, 0.15) is 33.9 Å². The van der Waals surface area contributed by atoms with Crippen LogP contribution >= 0.6 is 0 Å². The fourth-order valence-corrected chi connectivity index (χ4v) is 2.22. The maximum Gasteiger partial charge on any atom is 0.0832 e. The van der Waals surface area contributed by atoms with Crippen molar-refractivity contribution in [1.82, 2.24) is 0 Å². The Labute approximate surface area is 109 Å². The topological polar surface area (TPSA) is 20.2 Å². The second-order valence-electron chi connectivity index (χ2n) is 5.00. The fourth-order valence-electron chi connectivity index (χ4n) is 2.22. The first kappa shape index (κ1) is 12.8. The molecule has 0 fully saturated rings. The van der Waals surface area contributed by atoms with Gasteiger partial charge in [-0.15, -0.1) is 0 Å². The maximum absolute atomic E-state index is 10.3. The smallest absolute Gasteiger partial charge is 0.0832 e. The number of aliphatic hydroxyl groups is 1. The van der Waals surface area contributed by atoms with E-state index in [9.17, 15) is 5.11 Å². The molecule has 0 aromatic heterocycles. The van der Waals surface area contributed by atoms with Gasteiger partial charge in [-0.05, 0) is 48.6 Å². The second-order valence-corrected chi connectivity index (χ2v) is 5.00. The molecule has 94 valence electrons. The highest BCUT2D eigenvalue weighted by atomic mass is 16.3. The molecule has 0 bridgehead atoms. The van der Waals surface area contributed by atoms with Crippen LogP contribution in [0.3, 0.4) is 0 Å². The Hall–Kier alpha value is -1.60. The van der Waals surface area contributed by atoms with Crippen LogP contribution in [0.25, 0.3) is 0 Å². The zero-order chi connectivity index (χ0) is 13.1. The molecule has 0 aliphatic heterocycles. The molecule has 1 N–H and O–H groups in total. The molecule has 0 radical (unpaired) electrons. The van der Waals surface area contributed by atoms with E-state index in [1.165, 1.54) is 16.7 Å². The van der Waals surface area contributed by atoms with Crippen LogP contribution < -0.4 is 0 Å². The van der Waals surface area contributed by atoms with Gasteiger partial charge in [-0.25, -0.2) is 0 Å². The molecule has 2 aromatic carbocycles. The van der Waals surface area contributed by atoms with Gasteiger partial charge in [-0.3, -0.25) is 0 Å². The average Bonchev–Trinajstić information content (AvgIpc) is 2.34. The molecule has 0 amide bonds. The molecular formula is C17H20O. The first-order valence-electron chi connectivity index (χ1n) is 6.37. The van der Waals surface area contributed by atoms with Gasteiger partial charge in [0.25, 0.3) is 0 Å². The van der Waals surface area contributed by atoms with Gasteiger partial charge in [0.15, 0.2) is 0 Å². The summed E-state index contributed by atoms with van der Waals surface area (Å²) in [6, 6.07) is 14.4. The van der Waals surface area contributed by atoms with Crippen LogP contribution in [-0.4, -0.2) is 5.11 Å². The Balaban J connectivity index is 2.19. The molecule has 0 aliphatic rings. The normalized spacial score (nSPS) is 12.4. The molecule has 1 unspecified atom stereocenters. The van der Waals surface area contributed by atoms with Crippen molar-refractivity contribution in [3.05, 3.63) is 70.3 Å². The van der Waals surface area contributed by atoms with E-state index in [-0.39, 0.29) is 0 Å². The Kier molecular flexibility index (Phi) is 3.83. The summed E-state index contributed by atoms with van der Waals surface area (Å²) < 4.78 is 0. The summed E-state index contributed by atoms with van der Waals surface area (Å²) in [5, 5.41) is 10.3. The molecule has 2 aromatic rings. The summed E-state index contributed by atoms with van der Waals surface area (Å²) in [5.41, 5.74) is 5.94. The highest BCUT2D eigenvalue weighted by molar-refractivity contribution is 5.33. The number of hydrogen-bond acceptors (Lipinski definition) is 1. The van der Waals surface area contributed by atoms with Crippen LogP contribution in [0, 0.1) is 20.8 Å². The van der Waals surface area contributed by atoms with Crippen molar-refractivity contribution in [3.8, 4) is 0 Å². The number of aryl methyl sites for hydroxylation is 3. The lowest BCUT2D eigenvalue weighted by Gasteiger charge is -2.14. The van der Waals surface area contributed by atoms with Gasteiger partial charge in [-0.1, -0.05) is 42.5 Å². The molecule has 1 atom stereocenters. The third kappa shape index (κ3) is 2.80. The number of hydrogen-bond donors (Lipinski definition) is 1. The van der Waals surface area contributed by atoms with E-state index in [0.717, 1.165) is 11.1 Å². The second kappa shape index (κ2) is 5.36. The summed E-state index contributed by atoms with van der Waals surface area (Å²) in [5.74, 6) is 0. The molecule has 18 heavy (non-hydrogen) atoms. The van der Waals surface area contributed by atoms with E-state index < -0.39 is 6.10 Å². The summed E-state index contributed by atoms with van der Waals surface area (Å²) in [4.78, 5) is 0. The van der Waals surface area contributed by atoms with Crippen molar-refractivity contribution in [2.24, 2.45) is 0 Å². The van der Waals surface area contributed by atoms with E-state index in [1.54, 1.807) is 0 Å². The van der Waals surface area contributed by atoms with Gasteiger partial charge in [0.1, 0.15) is 0 Å². The minimum absolute atomic E-state index is 0.423. The van der Waals surface area contributed by atoms with Crippen LogP contribution in [0.5, 0.6) is 0 Å². The predicted octanol–water partition coefficient (Wildman–Crippen LogP) is 3.89. The lowest BCUT2D eigenvalue weighted by molar-refractivity contribution is 0.177. The number of rotatable bonds is 3. The van der Waals surface area contributed by atoms with E-state index in [0.29, 0.717) is 6.42 Å². The monoisotopic (exact) mass is 240 g/mol. The van der Waals surface area contributed by atoms with Crippen LogP contribution in [0.15, 0.2) is 42.5 Å². The van der Waals surface area contributed by atoms with E-state index in [1.807, 2.05) is 31.2 Å². The van der Waals surface area contributed by atoms with Gasteiger partial charge >= 0.3 is 0 Å². The van der Waals surface area contributed by atoms with Gasteiger partial charge in [0.05, 0.1) is 6.10 Å². The zero-order valence-corrected chi connectivity index (χ0v) is 11.3. The van der Waals surface area contributed by atoms with E-state index >= 15 is 0 Å². The summed E-state index contributed by atoms with van der Waals surface area (Å²) >= 11 is 0. The van der Waals surface area contributed by atoms with Crippen LogP contribution in [0.4, 0.5) is 0 Å². The first-order chi connectivity index (χ1) is 8.58. The number of benzene rings is 2. The van der Waals surface area contributed by atoms with Gasteiger partial charge in [-0.2, -0.15) is 0 Å². The van der Waals surface area contributed by atoms with Gasteiger partial charge in [0.2, 0.25) is 0 Å². The molecule has 0 aliphatic carbocycles. The molecule has 2 rings (SSSR count). The Morgan fingerprint density at radius 3 is 2.28 bits per heavy atom. The summed E-state index contributed by atoms with van der Waals surface area (Å²) in [6.07, 6.45) is 0.250. The molecule has 0 saturated carbocycles. The minimum Gasteiger partial charge on any atom is -0.388 e. The maximum atomic E-state index is 10.3. The van der Waals surface area contributed by atoms with Crippen molar-refractivity contribution in [3.63, 3.8) is 0 Å². The summed E-state index contributed by atoms with van der Waals surface area (Å²) in [6.45, 7) is 6.26. The standard InChI is InChI=1S/C17H20O/c1-12-8-9-15(10-14(12)3)11-17(18)16-7-5-4-6-13(16)2/h4-10,17-18H,11H2,1-3H3. The zero-order valence-electron chi connectivity index (χ0n) is 11.3. The lowest BCUT2D eigenvalue weighted by Crippen LogP contribution is -2.04. The Bertz CT molecular complexity index is 543. The molecule has 0 saturated heterocycles.